The largest absolute Gasteiger partial charge is 0.454 e. The van der Waals surface area contributed by atoms with Crippen LogP contribution in [0.5, 0.6) is 0 Å². The number of nitrogens with zero attached hydrogens (tertiary/aromatic N) is 2. The number of nitrogens with one attached hydrogen (secondary N) is 1. The molecule has 0 radical (unpaired) electrons. The first-order chi connectivity index (χ1) is 14.0. The highest BCUT2D eigenvalue weighted by Gasteiger charge is 2.27. The van der Waals surface area contributed by atoms with Gasteiger partial charge in [-0.2, -0.15) is 0 Å². The Labute approximate surface area is 169 Å². The van der Waals surface area contributed by atoms with Crippen molar-refractivity contribution < 1.29 is 18.7 Å². The van der Waals surface area contributed by atoms with Crippen molar-refractivity contribution >= 4 is 11.9 Å². The summed E-state index contributed by atoms with van der Waals surface area (Å²) in [6.07, 6.45) is 0. The molecule has 1 N–H and O–H groups in total. The second-order valence-corrected chi connectivity index (χ2v) is 6.98. The Morgan fingerprint density at radius 1 is 1.03 bits per heavy atom. The molecule has 1 aromatic heterocycles. The number of aryl methyl sites for hydroxylation is 1. The van der Waals surface area contributed by atoms with Gasteiger partial charge in [-0.1, -0.05) is 50.2 Å². The van der Waals surface area contributed by atoms with Gasteiger partial charge in [-0.05, 0) is 36.6 Å². The molecule has 0 aliphatic rings. The van der Waals surface area contributed by atoms with Crippen molar-refractivity contribution in [2.24, 2.45) is 5.92 Å². The molecule has 0 saturated heterocycles. The van der Waals surface area contributed by atoms with Crippen molar-refractivity contribution in [3.8, 4) is 11.5 Å². The van der Waals surface area contributed by atoms with Crippen LogP contribution in [-0.4, -0.2) is 28.1 Å². The molecule has 0 spiro atoms. The lowest BCUT2D eigenvalue weighted by Crippen LogP contribution is -2.45. The molecule has 0 aliphatic carbocycles. The van der Waals surface area contributed by atoms with Crippen LogP contribution >= 0.6 is 0 Å². The van der Waals surface area contributed by atoms with E-state index in [9.17, 15) is 9.59 Å². The maximum absolute atomic E-state index is 12.6. The SMILES string of the molecule is Cc1ccccc1C(=O)NC(C(=O)OCc1nnc(-c2ccccc2)o1)C(C)C. The van der Waals surface area contributed by atoms with Crippen molar-refractivity contribution in [2.75, 3.05) is 0 Å². The maximum atomic E-state index is 12.6. The Balaban J connectivity index is 1.62. The summed E-state index contributed by atoms with van der Waals surface area (Å²) in [6, 6.07) is 15.7. The van der Waals surface area contributed by atoms with Gasteiger partial charge in [0, 0.05) is 11.1 Å². The molecule has 1 atom stereocenters. The zero-order chi connectivity index (χ0) is 20.8. The Morgan fingerprint density at radius 3 is 2.41 bits per heavy atom. The smallest absolute Gasteiger partial charge is 0.329 e. The lowest BCUT2D eigenvalue weighted by molar-refractivity contribution is -0.149. The topological polar surface area (TPSA) is 94.3 Å². The Bertz CT molecular complexity index is 982. The molecule has 0 saturated carbocycles. The van der Waals surface area contributed by atoms with Crippen molar-refractivity contribution in [3.05, 3.63) is 71.6 Å². The van der Waals surface area contributed by atoms with Crippen LogP contribution in [0.3, 0.4) is 0 Å². The van der Waals surface area contributed by atoms with Gasteiger partial charge in [0.1, 0.15) is 6.04 Å². The van der Waals surface area contributed by atoms with Gasteiger partial charge >= 0.3 is 5.97 Å². The van der Waals surface area contributed by atoms with E-state index in [1.165, 1.54) is 0 Å². The van der Waals surface area contributed by atoms with Crippen molar-refractivity contribution in [1.82, 2.24) is 15.5 Å². The van der Waals surface area contributed by atoms with E-state index >= 15 is 0 Å². The fourth-order valence-corrected chi connectivity index (χ4v) is 2.78. The highest BCUT2D eigenvalue weighted by atomic mass is 16.5. The Hall–Kier alpha value is -3.48. The second-order valence-electron chi connectivity index (χ2n) is 6.98. The summed E-state index contributed by atoms with van der Waals surface area (Å²) in [6.45, 7) is 5.36. The number of hydrogen-bond acceptors (Lipinski definition) is 6. The van der Waals surface area contributed by atoms with E-state index in [4.69, 9.17) is 9.15 Å². The quantitative estimate of drug-likeness (QED) is 0.617. The van der Waals surface area contributed by atoms with Crippen LogP contribution in [0.1, 0.15) is 35.7 Å². The average Bonchev–Trinajstić information content (AvgIpc) is 3.20. The highest BCUT2D eigenvalue weighted by Crippen LogP contribution is 2.17. The third-order valence-electron chi connectivity index (χ3n) is 4.42. The lowest BCUT2D eigenvalue weighted by Gasteiger charge is -2.21. The third-order valence-corrected chi connectivity index (χ3v) is 4.42. The molecule has 0 bridgehead atoms. The van der Waals surface area contributed by atoms with Crippen LogP contribution in [-0.2, 0) is 16.1 Å². The molecule has 150 valence electrons. The van der Waals surface area contributed by atoms with Gasteiger partial charge in [-0.3, -0.25) is 4.79 Å². The van der Waals surface area contributed by atoms with E-state index in [-0.39, 0.29) is 24.3 Å². The molecule has 29 heavy (non-hydrogen) atoms. The van der Waals surface area contributed by atoms with Gasteiger partial charge in [0.05, 0.1) is 0 Å². The lowest BCUT2D eigenvalue weighted by atomic mass is 10.0. The number of hydrogen-bond donors (Lipinski definition) is 1. The molecular formula is C22H23N3O4. The van der Waals surface area contributed by atoms with E-state index < -0.39 is 12.0 Å². The summed E-state index contributed by atoms with van der Waals surface area (Å²) >= 11 is 0. The standard InChI is InChI=1S/C22H23N3O4/c1-14(2)19(23-20(26)17-12-8-7-9-15(17)3)22(27)28-13-18-24-25-21(29-18)16-10-5-4-6-11-16/h4-12,14,19H,13H2,1-3H3,(H,23,26). The van der Waals surface area contributed by atoms with Crippen LogP contribution < -0.4 is 5.32 Å². The fraction of sp³-hybridized carbons (Fsp3) is 0.273. The molecule has 1 heterocycles. The summed E-state index contributed by atoms with van der Waals surface area (Å²) in [4.78, 5) is 25.1. The first kappa shape index (κ1) is 20.3. The number of benzene rings is 2. The minimum absolute atomic E-state index is 0.155. The number of rotatable bonds is 7. The monoisotopic (exact) mass is 393 g/mol. The fourth-order valence-electron chi connectivity index (χ4n) is 2.78. The zero-order valence-electron chi connectivity index (χ0n) is 16.6. The molecule has 0 aliphatic heterocycles. The minimum atomic E-state index is -0.793. The van der Waals surface area contributed by atoms with Gasteiger partial charge in [-0.15, -0.1) is 10.2 Å². The predicted molar refractivity (Wildman–Crippen MR) is 107 cm³/mol. The molecule has 7 nitrogen and oxygen atoms in total. The number of amides is 1. The zero-order valence-corrected chi connectivity index (χ0v) is 16.6. The molecule has 0 fully saturated rings. The first-order valence-corrected chi connectivity index (χ1v) is 9.36. The summed E-state index contributed by atoms with van der Waals surface area (Å²) in [7, 11) is 0. The summed E-state index contributed by atoms with van der Waals surface area (Å²) in [5.74, 6) is -0.489. The van der Waals surface area contributed by atoms with Gasteiger partial charge in [0.25, 0.3) is 11.8 Å². The predicted octanol–water partition coefficient (Wildman–Crippen LogP) is 3.54. The van der Waals surface area contributed by atoms with Gasteiger partial charge in [0.15, 0.2) is 6.61 Å². The molecule has 7 heteroatoms. The van der Waals surface area contributed by atoms with E-state index in [0.717, 1.165) is 11.1 Å². The normalized spacial score (nSPS) is 11.9. The second kappa shape index (κ2) is 9.14. The molecule has 3 rings (SSSR count). The van der Waals surface area contributed by atoms with Crippen LogP contribution in [0.25, 0.3) is 11.5 Å². The van der Waals surface area contributed by atoms with Crippen molar-refractivity contribution in [3.63, 3.8) is 0 Å². The van der Waals surface area contributed by atoms with Gasteiger partial charge < -0.3 is 14.5 Å². The highest BCUT2D eigenvalue weighted by molar-refractivity contribution is 5.98. The minimum Gasteiger partial charge on any atom is -0.454 e. The van der Waals surface area contributed by atoms with Crippen LogP contribution in [0.2, 0.25) is 0 Å². The van der Waals surface area contributed by atoms with Crippen LogP contribution in [0.4, 0.5) is 0 Å². The Morgan fingerprint density at radius 2 is 1.72 bits per heavy atom. The van der Waals surface area contributed by atoms with E-state index in [0.29, 0.717) is 11.5 Å². The number of aromatic nitrogens is 2. The van der Waals surface area contributed by atoms with E-state index in [1.807, 2.05) is 63.2 Å². The average molecular weight is 393 g/mol. The van der Waals surface area contributed by atoms with Crippen LogP contribution in [0.15, 0.2) is 59.0 Å². The summed E-state index contributed by atoms with van der Waals surface area (Å²) in [5.41, 5.74) is 2.14. The number of esters is 1. The van der Waals surface area contributed by atoms with Crippen molar-refractivity contribution in [1.29, 1.82) is 0 Å². The number of carbonyl (C=O) groups excluding carboxylic acids is 2. The van der Waals surface area contributed by atoms with Crippen LogP contribution in [0, 0.1) is 12.8 Å². The first-order valence-electron chi connectivity index (χ1n) is 9.36. The molecule has 1 amide bonds. The van der Waals surface area contributed by atoms with E-state index in [1.54, 1.807) is 12.1 Å². The molecule has 3 aromatic rings. The molecule has 2 aromatic carbocycles. The molecular weight excluding hydrogens is 370 g/mol. The summed E-state index contributed by atoms with van der Waals surface area (Å²) < 4.78 is 10.9. The molecule has 1 unspecified atom stereocenters. The van der Waals surface area contributed by atoms with Gasteiger partial charge in [-0.25, -0.2) is 4.79 Å². The Kier molecular flexibility index (Phi) is 6.39. The van der Waals surface area contributed by atoms with E-state index in [2.05, 4.69) is 15.5 Å². The number of ether oxygens (including phenoxy) is 1. The third kappa shape index (κ3) is 5.07. The van der Waals surface area contributed by atoms with Gasteiger partial charge in [0.2, 0.25) is 5.89 Å². The number of carbonyl (C=O) groups is 2. The van der Waals surface area contributed by atoms with Crippen molar-refractivity contribution in [2.45, 2.75) is 33.4 Å². The maximum Gasteiger partial charge on any atom is 0.329 e. The summed E-state index contributed by atoms with van der Waals surface area (Å²) in [5, 5.41) is 10.6.